The van der Waals surface area contributed by atoms with Gasteiger partial charge < -0.3 is 15.4 Å². The van der Waals surface area contributed by atoms with E-state index in [0.29, 0.717) is 31.3 Å². The van der Waals surface area contributed by atoms with Crippen LogP contribution in [0.2, 0.25) is 0 Å². The van der Waals surface area contributed by atoms with E-state index in [1.807, 2.05) is 31.3 Å². The van der Waals surface area contributed by atoms with Gasteiger partial charge in [-0.15, -0.1) is 10.2 Å². The Hall–Kier alpha value is -2.48. The maximum absolute atomic E-state index is 11.8. The van der Waals surface area contributed by atoms with Crippen molar-refractivity contribution >= 4 is 11.7 Å². The summed E-state index contributed by atoms with van der Waals surface area (Å²) in [5.41, 5.74) is 0.927. The molecule has 0 saturated carbocycles. The molecule has 0 spiro atoms. The molecule has 1 aliphatic heterocycles. The highest BCUT2D eigenvalue weighted by Crippen LogP contribution is 2.11. The number of hydrogen-bond donors (Lipinski definition) is 2. The smallest absolute Gasteiger partial charge is 0.249 e. The highest BCUT2D eigenvalue weighted by molar-refractivity contribution is 5.80. The van der Waals surface area contributed by atoms with Crippen LogP contribution >= 0.6 is 0 Å². The Kier molecular flexibility index (Phi) is 4.82. The summed E-state index contributed by atoms with van der Waals surface area (Å²) in [6.45, 7) is 3.69. The average molecular weight is 316 g/mol. The molecule has 1 aliphatic rings. The maximum atomic E-state index is 11.8. The monoisotopic (exact) mass is 316 g/mol. The van der Waals surface area contributed by atoms with Gasteiger partial charge in [-0.1, -0.05) is 0 Å². The van der Waals surface area contributed by atoms with Crippen molar-refractivity contribution in [1.82, 2.24) is 25.3 Å². The molecule has 23 heavy (non-hydrogen) atoms. The van der Waals surface area contributed by atoms with Crippen molar-refractivity contribution in [3.63, 3.8) is 0 Å². The van der Waals surface area contributed by atoms with E-state index < -0.39 is 0 Å². The van der Waals surface area contributed by atoms with Crippen molar-refractivity contribution in [3.8, 4) is 5.82 Å². The first kappa shape index (κ1) is 15.4. The quantitative estimate of drug-likeness (QED) is 0.761. The van der Waals surface area contributed by atoms with E-state index in [-0.39, 0.29) is 12.0 Å². The van der Waals surface area contributed by atoms with Gasteiger partial charge in [0.2, 0.25) is 5.91 Å². The second-order valence-corrected chi connectivity index (χ2v) is 5.40. The van der Waals surface area contributed by atoms with Gasteiger partial charge >= 0.3 is 0 Å². The van der Waals surface area contributed by atoms with Crippen LogP contribution in [-0.2, 0) is 9.53 Å². The lowest BCUT2D eigenvalue weighted by Gasteiger charge is -2.11. The molecule has 3 heterocycles. The molecule has 122 valence electrons. The van der Waals surface area contributed by atoms with Crippen LogP contribution < -0.4 is 10.6 Å². The van der Waals surface area contributed by atoms with E-state index in [1.165, 1.54) is 0 Å². The third-order valence-electron chi connectivity index (χ3n) is 3.56. The first-order valence-electron chi connectivity index (χ1n) is 7.72. The Balaban J connectivity index is 1.43. The summed E-state index contributed by atoms with van der Waals surface area (Å²) in [5, 5.41) is 18.5. The molecule has 0 radical (unpaired) electrons. The van der Waals surface area contributed by atoms with Crippen molar-refractivity contribution in [2.24, 2.45) is 0 Å². The predicted octanol–water partition coefficient (Wildman–Crippen LogP) is 0.678. The number of carbonyl (C=O) groups is 1. The third kappa shape index (κ3) is 4.04. The molecule has 0 aromatic carbocycles. The van der Waals surface area contributed by atoms with Crippen molar-refractivity contribution in [1.29, 1.82) is 0 Å². The van der Waals surface area contributed by atoms with Crippen LogP contribution in [0.4, 0.5) is 5.82 Å². The molecule has 1 atom stereocenters. The number of carbonyl (C=O) groups excluding carboxylic acids is 1. The number of hydrogen-bond acceptors (Lipinski definition) is 6. The van der Waals surface area contributed by atoms with Gasteiger partial charge in [0, 0.05) is 25.9 Å². The lowest BCUT2D eigenvalue weighted by Crippen LogP contribution is -2.36. The van der Waals surface area contributed by atoms with Gasteiger partial charge in [-0.05, 0) is 38.0 Å². The minimum atomic E-state index is -0.286. The third-order valence-corrected chi connectivity index (χ3v) is 3.56. The zero-order valence-corrected chi connectivity index (χ0v) is 13.0. The van der Waals surface area contributed by atoms with Crippen molar-refractivity contribution in [2.45, 2.75) is 25.9 Å². The Bertz CT molecular complexity index is 648. The Labute approximate surface area is 134 Å². The number of aryl methyl sites for hydroxylation is 1. The van der Waals surface area contributed by atoms with Crippen LogP contribution in [0.1, 0.15) is 18.5 Å². The minimum Gasteiger partial charge on any atom is -0.368 e. The number of aromatic nitrogens is 4. The topological polar surface area (TPSA) is 94.0 Å². The highest BCUT2D eigenvalue weighted by Gasteiger charge is 2.22. The summed E-state index contributed by atoms with van der Waals surface area (Å²) >= 11 is 0. The zero-order chi connectivity index (χ0) is 16.1. The molecular formula is C15H20N6O2. The van der Waals surface area contributed by atoms with E-state index >= 15 is 0 Å². The van der Waals surface area contributed by atoms with Gasteiger partial charge in [-0.3, -0.25) is 4.79 Å². The van der Waals surface area contributed by atoms with Gasteiger partial charge in [-0.2, -0.15) is 5.10 Å². The van der Waals surface area contributed by atoms with Gasteiger partial charge in [0.25, 0.3) is 0 Å². The van der Waals surface area contributed by atoms with Crippen LogP contribution in [0.25, 0.3) is 5.82 Å². The van der Waals surface area contributed by atoms with Crippen molar-refractivity contribution < 1.29 is 9.53 Å². The van der Waals surface area contributed by atoms with E-state index in [1.54, 1.807) is 4.68 Å². The largest absolute Gasteiger partial charge is 0.368 e. The molecule has 2 aromatic rings. The summed E-state index contributed by atoms with van der Waals surface area (Å²) in [6, 6.07) is 5.58. The molecule has 1 amide bonds. The van der Waals surface area contributed by atoms with E-state index in [9.17, 15) is 4.79 Å². The number of anilines is 1. The molecule has 2 N–H and O–H groups in total. The summed E-state index contributed by atoms with van der Waals surface area (Å²) in [7, 11) is 0. The average Bonchev–Trinajstić information content (AvgIpc) is 3.23. The van der Waals surface area contributed by atoms with E-state index in [0.717, 1.165) is 18.5 Å². The standard InChI is InChI=1S/C15H20N6O2/c1-11-6-9-21(20-11)14-5-4-13(18-19-14)16-7-8-17-15(22)12-3-2-10-23-12/h4-6,9,12H,2-3,7-8,10H2,1H3,(H,16,18)(H,17,22)/t12-/m0/s1. The fraction of sp³-hybridized carbons (Fsp3) is 0.467. The number of rotatable bonds is 6. The predicted molar refractivity (Wildman–Crippen MR) is 84.4 cm³/mol. The molecule has 2 aromatic heterocycles. The molecule has 0 aliphatic carbocycles. The van der Waals surface area contributed by atoms with Crippen molar-refractivity contribution in [3.05, 3.63) is 30.1 Å². The number of nitrogens with zero attached hydrogens (tertiary/aromatic N) is 4. The second kappa shape index (κ2) is 7.19. The minimum absolute atomic E-state index is 0.0419. The fourth-order valence-electron chi connectivity index (χ4n) is 2.36. The first-order valence-corrected chi connectivity index (χ1v) is 7.72. The van der Waals surface area contributed by atoms with Gasteiger partial charge in [0.05, 0.1) is 5.69 Å². The molecule has 1 fully saturated rings. The molecular weight excluding hydrogens is 296 g/mol. The lowest BCUT2D eigenvalue weighted by molar-refractivity contribution is -0.129. The van der Waals surface area contributed by atoms with Gasteiger partial charge in [0.1, 0.15) is 11.9 Å². The normalized spacial score (nSPS) is 17.2. The first-order chi connectivity index (χ1) is 11.2. The summed E-state index contributed by atoms with van der Waals surface area (Å²) in [5.74, 6) is 1.28. The number of amides is 1. The lowest BCUT2D eigenvalue weighted by atomic mass is 10.2. The van der Waals surface area contributed by atoms with E-state index in [4.69, 9.17) is 4.74 Å². The highest BCUT2D eigenvalue weighted by atomic mass is 16.5. The van der Waals surface area contributed by atoms with Crippen LogP contribution in [0.5, 0.6) is 0 Å². The van der Waals surface area contributed by atoms with Gasteiger partial charge in [0.15, 0.2) is 5.82 Å². The Morgan fingerprint density at radius 1 is 1.35 bits per heavy atom. The Morgan fingerprint density at radius 3 is 2.91 bits per heavy atom. The maximum Gasteiger partial charge on any atom is 0.249 e. The molecule has 0 bridgehead atoms. The van der Waals surface area contributed by atoms with Crippen LogP contribution in [-0.4, -0.2) is 51.7 Å². The molecule has 1 saturated heterocycles. The summed E-state index contributed by atoms with van der Waals surface area (Å²) in [6.07, 6.45) is 3.31. The zero-order valence-electron chi connectivity index (χ0n) is 13.0. The van der Waals surface area contributed by atoms with Crippen LogP contribution in [0.3, 0.4) is 0 Å². The molecule has 0 unspecified atom stereocenters. The molecule has 8 heteroatoms. The van der Waals surface area contributed by atoms with E-state index in [2.05, 4.69) is 25.9 Å². The van der Waals surface area contributed by atoms with Crippen LogP contribution in [0, 0.1) is 6.92 Å². The fourth-order valence-corrected chi connectivity index (χ4v) is 2.36. The van der Waals surface area contributed by atoms with Gasteiger partial charge in [-0.25, -0.2) is 4.68 Å². The SMILES string of the molecule is Cc1ccn(-c2ccc(NCCNC(=O)[C@@H]3CCCO3)nn2)n1. The number of nitrogens with one attached hydrogen (secondary N) is 2. The summed E-state index contributed by atoms with van der Waals surface area (Å²) in [4.78, 5) is 11.8. The Morgan fingerprint density at radius 2 is 2.26 bits per heavy atom. The second-order valence-electron chi connectivity index (χ2n) is 5.40. The molecule has 8 nitrogen and oxygen atoms in total. The van der Waals surface area contributed by atoms with Crippen LogP contribution in [0.15, 0.2) is 24.4 Å². The number of ether oxygens (including phenoxy) is 1. The summed E-state index contributed by atoms with van der Waals surface area (Å²) < 4.78 is 7.00. The molecule has 3 rings (SSSR count). The van der Waals surface area contributed by atoms with Crippen molar-refractivity contribution in [2.75, 3.05) is 25.0 Å².